The van der Waals surface area contributed by atoms with Crippen LogP contribution >= 0.6 is 0 Å². The smallest absolute Gasteiger partial charge is 0.305 e. The fourth-order valence-corrected chi connectivity index (χ4v) is 2.62. The van der Waals surface area contributed by atoms with E-state index in [-0.39, 0.29) is 5.97 Å². The van der Waals surface area contributed by atoms with E-state index in [0.717, 1.165) is 25.4 Å². The normalized spacial score (nSPS) is 21.2. The maximum Gasteiger partial charge on any atom is 0.305 e. The number of methoxy groups -OCH3 is 1. The highest BCUT2D eigenvalue weighted by molar-refractivity contribution is 5.69. The Kier molecular flexibility index (Phi) is 7.28. The molecule has 4 nitrogen and oxygen atoms in total. The van der Waals surface area contributed by atoms with Gasteiger partial charge in [-0.05, 0) is 65.3 Å². The summed E-state index contributed by atoms with van der Waals surface area (Å²) in [4.78, 5) is 15.8. The monoisotopic (exact) mass is 256 g/mol. The Morgan fingerprint density at radius 2 is 2.22 bits per heavy atom. The molecule has 4 heteroatoms. The molecule has 1 aliphatic rings. The summed E-state index contributed by atoms with van der Waals surface area (Å²) in [5.74, 6) is 0.754. The summed E-state index contributed by atoms with van der Waals surface area (Å²) in [5, 5.41) is 0. The molecule has 0 bridgehead atoms. The summed E-state index contributed by atoms with van der Waals surface area (Å²) >= 11 is 0. The van der Waals surface area contributed by atoms with Crippen LogP contribution in [0.2, 0.25) is 0 Å². The van der Waals surface area contributed by atoms with Gasteiger partial charge in [-0.25, -0.2) is 0 Å². The van der Waals surface area contributed by atoms with E-state index in [0.29, 0.717) is 6.42 Å². The van der Waals surface area contributed by atoms with Gasteiger partial charge in [0.2, 0.25) is 0 Å². The molecule has 0 saturated carbocycles. The molecule has 0 aliphatic carbocycles. The quantitative estimate of drug-likeness (QED) is 0.648. The van der Waals surface area contributed by atoms with Gasteiger partial charge in [-0.15, -0.1) is 0 Å². The Hall–Kier alpha value is -0.610. The first-order valence-corrected chi connectivity index (χ1v) is 7.05. The average Bonchev–Trinajstić information content (AvgIpc) is 2.36. The second-order valence-corrected chi connectivity index (χ2v) is 5.54. The van der Waals surface area contributed by atoms with Gasteiger partial charge in [0.05, 0.1) is 7.11 Å². The molecule has 18 heavy (non-hydrogen) atoms. The third kappa shape index (κ3) is 6.36. The van der Waals surface area contributed by atoms with Gasteiger partial charge in [-0.2, -0.15) is 0 Å². The second-order valence-electron chi connectivity index (χ2n) is 5.54. The van der Waals surface area contributed by atoms with Crippen molar-refractivity contribution in [3.05, 3.63) is 0 Å². The van der Waals surface area contributed by atoms with Crippen molar-refractivity contribution >= 4 is 5.97 Å². The van der Waals surface area contributed by atoms with Crippen molar-refractivity contribution in [3.8, 4) is 0 Å². The van der Waals surface area contributed by atoms with Crippen molar-refractivity contribution in [1.29, 1.82) is 0 Å². The molecule has 0 spiro atoms. The van der Waals surface area contributed by atoms with Gasteiger partial charge in [-0.1, -0.05) is 0 Å². The summed E-state index contributed by atoms with van der Waals surface area (Å²) in [6, 6.07) is 0. The fourth-order valence-electron chi connectivity index (χ4n) is 2.62. The van der Waals surface area contributed by atoms with Gasteiger partial charge in [0.1, 0.15) is 0 Å². The zero-order valence-electron chi connectivity index (χ0n) is 12.2. The first-order chi connectivity index (χ1) is 8.61. The molecule has 1 atom stereocenters. The Bertz CT molecular complexity index is 246. The summed E-state index contributed by atoms with van der Waals surface area (Å²) in [7, 11) is 5.81. The first kappa shape index (κ1) is 15.4. The molecule has 0 N–H and O–H groups in total. The minimum Gasteiger partial charge on any atom is -0.469 e. The van der Waals surface area contributed by atoms with Crippen LogP contribution in [-0.4, -0.2) is 63.2 Å². The number of rotatable bonds is 7. The van der Waals surface area contributed by atoms with Crippen LogP contribution in [0.5, 0.6) is 0 Å². The maximum atomic E-state index is 11.0. The number of likely N-dealkylation sites (tertiary alicyclic amines) is 1. The summed E-state index contributed by atoms with van der Waals surface area (Å²) in [6.45, 7) is 4.62. The van der Waals surface area contributed by atoms with Crippen molar-refractivity contribution in [2.24, 2.45) is 5.92 Å². The van der Waals surface area contributed by atoms with Gasteiger partial charge < -0.3 is 14.5 Å². The molecular weight excluding hydrogens is 228 g/mol. The lowest BCUT2D eigenvalue weighted by Gasteiger charge is -2.30. The molecule has 0 aromatic rings. The van der Waals surface area contributed by atoms with Crippen LogP contribution in [0.3, 0.4) is 0 Å². The average molecular weight is 256 g/mol. The van der Waals surface area contributed by atoms with Gasteiger partial charge in [0.25, 0.3) is 0 Å². The van der Waals surface area contributed by atoms with Crippen LogP contribution in [-0.2, 0) is 9.53 Å². The lowest BCUT2D eigenvalue weighted by Crippen LogP contribution is -2.34. The largest absolute Gasteiger partial charge is 0.469 e. The van der Waals surface area contributed by atoms with Gasteiger partial charge in [0.15, 0.2) is 0 Å². The standard InChI is InChI=1S/C14H28N2O2/c1-15(9-5-7-14(17)18-3)11-8-13-6-4-10-16(2)12-13/h13H,4-12H2,1-3H3. The van der Waals surface area contributed by atoms with E-state index in [9.17, 15) is 4.79 Å². The Balaban J connectivity index is 2.05. The molecule has 0 aromatic carbocycles. The Morgan fingerprint density at radius 3 is 2.89 bits per heavy atom. The molecule has 1 saturated heterocycles. The number of carbonyl (C=O) groups excluding carboxylic acids is 1. The van der Waals surface area contributed by atoms with E-state index in [2.05, 4.69) is 28.6 Å². The molecule has 0 radical (unpaired) electrons. The summed E-state index contributed by atoms with van der Waals surface area (Å²) in [5.41, 5.74) is 0. The highest BCUT2D eigenvalue weighted by Gasteiger charge is 2.17. The van der Waals surface area contributed by atoms with Crippen molar-refractivity contribution in [1.82, 2.24) is 9.80 Å². The van der Waals surface area contributed by atoms with Crippen molar-refractivity contribution in [2.75, 3.05) is 47.4 Å². The maximum absolute atomic E-state index is 11.0. The molecular formula is C14H28N2O2. The van der Waals surface area contributed by atoms with Crippen LogP contribution in [0.25, 0.3) is 0 Å². The Labute approximate surface area is 111 Å². The van der Waals surface area contributed by atoms with E-state index in [1.165, 1.54) is 39.5 Å². The highest BCUT2D eigenvalue weighted by atomic mass is 16.5. The van der Waals surface area contributed by atoms with Crippen molar-refractivity contribution in [2.45, 2.75) is 32.1 Å². The van der Waals surface area contributed by atoms with Crippen molar-refractivity contribution < 1.29 is 9.53 Å². The number of nitrogens with zero attached hydrogens (tertiary/aromatic N) is 2. The topological polar surface area (TPSA) is 32.8 Å². The third-order valence-corrected chi connectivity index (χ3v) is 3.79. The second kappa shape index (κ2) is 8.48. The molecule has 1 rings (SSSR count). The van der Waals surface area contributed by atoms with Gasteiger partial charge in [0, 0.05) is 13.0 Å². The highest BCUT2D eigenvalue weighted by Crippen LogP contribution is 2.18. The zero-order valence-corrected chi connectivity index (χ0v) is 12.2. The summed E-state index contributed by atoms with van der Waals surface area (Å²) < 4.78 is 4.64. The number of carbonyl (C=O) groups is 1. The third-order valence-electron chi connectivity index (χ3n) is 3.79. The molecule has 1 aliphatic heterocycles. The van der Waals surface area contributed by atoms with Crippen LogP contribution in [0.15, 0.2) is 0 Å². The number of ether oxygens (including phenoxy) is 1. The fraction of sp³-hybridized carbons (Fsp3) is 0.929. The van der Waals surface area contributed by atoms with Gasteiger partial charge >= 0.3 is 5.97 Å². The van der Waals surface area contributed by atoms with Crippen molar-refractivity contribution in [3.63, 3.8) is 0 Å². The van der Waals surface area contributed by atoms with Crippen LogP contribution < -0.4 is 0 Å². The number of hydrogen-bond acceptors (Lipinski definition) is 4. The molecule has 1 heterocycles. The lowest BCUT2D eigenvalue weighted by atomic mass is 9.95. The number of piperidine rings is 1. The van der Waals surface area contributed by atoms with Crippen LogP contribution in [0.1, 0.15) is 32.1 Å². The summed E-state index contributed by atoms with van der Waals surface area (Å²) in [6.07, 6.45) is 5.42. The van der Waals surface area contributed by atoms with Crippen LogP contribution in [0.4, 0.5) is 0 Å². The van der Waals surface area contributed by atoms with Gasteiger partial charge in [-0.3, -0.25) is 4.79 Å². The Morgan fingerprint density at radius 1 is 1.44 bits per heavy atom. The van der Waals surface area contributed by atoms with E-state index < -0.39 is 0 Å². The predicted octanol–water partition coefficient (Wildman–Crippen LogP) is 1.60. The molecule has 0 amide bonds. The van der Waals surface area contributed by atoms with E-state index in [4.69, 9.17) is 0 Å². The molecule has 1 fully saturated rings. The minimum atomic E-state index is -0.0997. The van der Waals surface area contributed by atoms with Crippen LogP contribution in [0, 0.1) is 5.92 Å². The van der Waals surface area contributed by atoms with E-state index in [1.807, 2.05) is 0 Å². The molecule has 106 valence electrons. The first-order valence-electron chi connectivity index (χ1n) is 7.05. The SMILES string of the molecule is COC(=O)CCCN(C)CCC1CCCN(C)C1. The molecule has 1 unspecified atom stereocenters. The number of hydrogen-bond donors (Lipinski definition) is 0. The zero-order chi connectivity index (χ0) is 13.4. The predicted molar refractivity (Wildman–Crippen MR) is 73.6 cm³/mol. The van der Waals surface area contributed by atoms with E-state index in [1.54, 1.807) is 0 Å². The minimum absolute atomic E-state index is 0.0997. The number of esters is 1. The molecule has 0 aromatic heterocycles. The van der Waals surface area contributed by atoms with E-state index >= 15 is 0 Å². The lowest BCUT2D eigenvalue weighted by molar-refractivity contribution is -0.140.